The summed E-state index contributed by atoms with van der Waals surface area (Å²) in [6.45, 7) is 2.19. The molecule has 0 atom stereocenters. The van der Waals surface area contributed by atoms with Gasteiger partial charge in [-0.1, -0.05) is 0 Å². The second kappa shape index (κ2) is 2.23. The lowest BCUT2D eigenvalue weighted by atomic mass is 10.3. The molecular formula is C7H10N4O. The van der Waals surface area contributed by atoms with Gasteiger partial charge in [-0.25, -0.2) is 0 Å². The number of aromatic nitrogens is 2. The van der Waals surface area contributed by atoms with Crippen LogP contribution in [0, 0.1) is 6.92 Å². The Balaban J connectivity index is 2.51. The second-order valence-electron chi connectivity index (χ2n) is 2.83. The van der Waals surface area contributed by atoms with Gasteiger partial charge in [0.15, 0.2) is 0 Å². The first-order chi connectivity index (χ1) is 5.68. The Labute approximate surface area is 69.8 Å². The van der Waals surface area contributed by atoms with Crippen LogP contribution < -0.4 is 10.6 Å². The Kier molecular flexibility index (Phi) is 1.33. The molecule has 2 heterocycles. The summed E-state index contributed by atoms with van der Waals surface area (Å²) >= 11 is 0. The SMILES string of the molecule is Cc1nn(C)c2c1NC(=O)CN2. The van der Waals surface area contributed by atoms with E-state index >= 15 is 0 Å². The maximum absolute atomic E-state index is 11.0. The number of aryl methyl sites for hydroxylation is 2. The average Bonchev–Trinajstić information content (AvgIpc) is 2.28. The summed E-state index contributed by atoms with van der Waals surface area (Å²) in [6.07, 6.45) is 0. The van der Waals surface area contributed by atoms with Gasteiger partial charge in [0.1, 0.15) is 11.5 Å². The van der Waals surface area contributed by atoms with Crippen LogP contribution in [0.3, 0.4) is 0 Å². The Hall–Kier alpha value is -1.52. The molecule has 5 heteroatoms. The molecule has 5 nitrogen and oxygen atoms in total. The predicted octanol–water partition coefficient (Wildman–Crippen LogP) is 0.0925. The van der Waals surface area contributed by atoms with Crippen LogP contribution in [-0.4, -0.2) is 22.2 Å². The number of anilines is 2. The van der Waals surface area contributed by atoms with Crippen molar-refractivity contribution in [2.75, 3.05) is 17.2 Å². The minimum Gasteiger partial charge on any atom is -0.359 e. The monoisotopic (exact) mass is 166 g/mol. The molecule has 0 saturated heterocycles. The Bertz CT molecular complexity index is 341. The van der Waals surface area contributed by atoms with Gasteiger partial charge in [0.2, 0.25) is 5.91 Å². The summed E-state index contributed by atoms with van der Waals surface area (Å²) in [7, 11) is 1.84. The first kappa shape index (κ1) is 7.15. The highest BCUT2D eigenvalue weighted by Crippen LogP contribution is 2.26. The van der Waals surface area contributed by atoms with Gasteiger partial charge in [0.25, 0.3) is 0 Å². The predicted molar refractivity (Wildman–Crippen MR) is 45.1 cm³/mol. The van der Waals surface area contributed by atoms with Crippen LogP contribution >= 0.6 is 0 Å². The molecule has 12 heavy (non-hydrogen) atoms. The quantitative estimate of drug-likeness (QED) is 0.574. The van der Waals surface area contributed by atoms with E-state index in [9.17, 15) is 4.79 Å². The number of amides is 1. The maximum atomic E-state index is 11.0. The Morgan fingerprint density at radius 3 is 3.08 bits per heavy atom. The van der Waals surface area contributed by atoms with E-state index in [0.29, 0.717) is 6.54 Å². The van der Waals surface area contributed by atoms with Crippen molar-refractivity contribution >= 4 is 17.4 Å². The van der Waals surface area contributed by atoms with Crippen LogP contribution in [-0.2, 0) is 11.8 Å². The third kappa shape index (κ3) is 0.861. The largest absolute Gasteiger partial charge is 0.359 e. The van der Waals surface area contributed by atoms with Crippen molar-refractivity contribution in [1.82, 2.24) is 9.78 Å². The standard InChI is InChI=1S/C7H10N4O/c1-4-6-7(11(2)10-4)8-3-5(12)9-6/h8H,3H2,1-2H3,(H,9,12). The number of hydrogen-bond donors (Lipinski definition) is 2. The molecule has 1 aliphatic heterocycles. The summed E-state index contributed by atoms with van der Waals surface area (Å²) < 4.78 is 1.73. The molecular weight excluding hydrogens is 156 g/mol. The smallest absolute Gasteiger partial charge is 0.243 e. The van der Waals surface area contributed by atoms with E-state index in [2.05, 4.69) is 15.7 Å². The summed E-state index contributed by atoms with van der Waals surface area (Å²) in [5.74, 6) is 0.866. The normalized spacial score (nSPS) is 15.0. The van der Waals surface area contributed by atoms with Crippen molar-refractivity contribution in [1.29, 1.82) is 0 Å². The molecule has 0 radical (unpaired) electrons. The fourth-order valence-corrected chi connectivity index (χ4v) is 1.36. The van der Waals surface area contributed by atoms with Crippen LogP contribution in [0.15, 0.2) is 0 Å². The number of carbonyl (C=O) groups is 1. The highest BCUT2D eigenvalue weighted by Gasteiger charge is 2.20. The summed E-state index contributed by atoms with van der Waals surface area (Å²) in [4.78, 5) is 11.0. The summed E-state index contributed by atoms with van der Waals surface area (Å²) in [5.41, 5.74) is 1.64. The fourth-order valence-electron chi connectivity index (χ4n) is 1.36. The first-order valence-electron chi connectivity index (χ1n) is 3.76. The fraction of sp³-hybridized carbons (Fsp3) is 0.429. The van der Waals surface area contributed by atoms with Crippen LogP contribution in [0.4, 0.5) is 11.5 Å². The number of nitrogens with zero attached hydrogens (tertiary/aromatic N) is 2. The van der Waals surface area contributed by atoms with Crippen LogP contribution in [0.5, 0.6) is 0 Å². The van der Waals surface area contributed by atoms with Gasteiger partial charge >= 0.3 is 0 Å². The van der Waals surface area contributed by atoms with Crippen molar-refractivity contribution in [3.8, 4) is 0 Å². The molecule has 1 aromatic rings. The number of rotatable bonds is 0. The van der Waals surface area contributed by atoms with E-state index in [0.717, 1.165) is 17.2 Å². The van der Waals surface area contributed by atoms with Crippen molar-refractivity contribution in [3.63, 3.8) is 0 Å². The lowest BCUT2D eigenvalue weighted by molar-refractivity contribution is -0.114. The van der Waals surface area contributed by atoms with Gasteiger partial charge in [0, 0.05) is 7.05 Å². The van der Waals surface area contributed by atoms with Crippen molar-refractivity contribution in [2.24, 2.45) is 7.05 Å². The number of carbonyl (C=O) groups excluding carboxylic acids is 1. The molecule has 0 spiro atoms. The topological polar surface area (TPSA) is 59.0 Å². The molecule has 2 N–H and O–H groups in total. The first-order valence-corrected chi connectivity index (χ1v) is 3.76. The number of hydrogen-bond acceptors (Lipinski definition) is 3. The minimum atomic E-state index is -0.0152. The highest BCUT2D eigenvalue weighted by molar-refractivity contribution is 6.00. The van der Waals surface area contributed by atoms with Crippen molar-refractivity contribution in [3.05, 3.63) is 5.69 Å². The molecule has 1 amide bonds. The van der Waals surface area contributed by atoms with E-state index in [1.54, 1.807) is 4.68 Å². The van der Waals surface area contributed by atoms with Crippen LogP contribution in [0.2, 0.25) is 0 Å². The van der Waals surface area contributed by atoms with Crippen LogP contribution in [0.25, 0.3) is 0 Å². The molecule has 64 valence electrons. The molecule has 2 rings (SSSR count). The third-order valence-corrected chi connectivity index (χ3v) is 1.90. The molecule has 0 fully saturated rings. The number of nitrogens with one attached hydrogen (secondary N) is 2. The minimum absolute atomic E-state index is 0.0152. The van der Waals surface area contributed by atoms with Gasteiger partial charge in [-0.2, -0.15) is 5.10 Å². The van der Waals surface area contributed by atoms with E-state index < -0.39 is 0 Å². The lowest BCUT2D eigenvalue weighted by Gasteiger charge is -2.15. The summed E-state index contributed by atoms with van der Waals surface area (Å²) in [5, 5.41) is 9.92. The van der Waals surface area contributed by atoms with E-state index in [1.165, 1.54) is 0 Å². The molecule has 0 bridgehead atoms. The van der Waals surface area contributed by atoms with Crippen molar-refractivity contribution < 1.29 is 4.79 Å². The van der Waals surface area contributed by atoms with Gasteiger partial charge < -0.3 is 10.6 Å². The Morgan fingerprint density at radius 2 is 2.33 bits per heavy atom. The zero-order valence-corrected chi connectivity index (χ0v) is 7.01. The molecule has 0 unspecified atom stereocenters. The molecule has 0 aromatic carbocycles. The molecule has 1 aromatic heterocycles. The van der Waals surface area contributed by atoms with Gasteiger partial charge in [-0.3, -0.25) is 9.48 Å². The zero-order chi connectivity index (χ0) is 8.72. The number of fused-ring (bicyclic) bond motifs is 1. The third-order valence-electron chi connectivity index (χ3n) is 1.90. The second-order valence-corrected chi connectivity index (χ2v) is 2.83. The zero-order valence-electron chi connectivity index (χ0n) is 7.01. The van der Waals surface area contributed by atoms with Crippen LogP contribution in [0.1, 0.15) is 5.69 Å². The van der Waals surface area contributed by atoms with Gasteiger partial charge in [-0.05, 0) is 6.92 Å². The molecule has 1 aliphatic rings. The highest BCUT2D eigenvalue weighted by atomic mass is 16.2. The van der Waals surface area contributed by atoms with E-state index in [1.807, 2.05) is 14.0 Å². The average molecular weight is 166 g/mol. The maximum Gasteiger partial charge on any atom is 0.243 e. The molecule has 0 aliphatic carbocycles. The summed E-state index contributed by atoms with van der Waals surface area (Å²) in [6, 6.07) is 0. The Morgan fingerprint density at radius 1 is 1.58 bits per heavy atom. The molecule has 0 saturated carbocycles. The van der Waals surface area contributed by atoms with Crippen molar-refractivity contribution in [2.45, 2.75) is 6.92 Å². The van der Waals surface area contributed by atoms with Gasteiger partial charge in [-0.15, -0.1) is 0 Å². The lowest BCUT2D eigenvalue weighted by Crippen LogP contribution is -2.28. The van der Waals surface area contributed by atoms with E-state index in [-0.39, 0.29) is 5.91 Å². The van der Waals surface area contributed by atoms with E-state index in [4.69, 9.17) is 0 Å². The van der Waals surface area contributed by atoms with Gasteiger partial charge in [0.05, 0.1) is 12.2 Å².